The van der Waals surface area contributed by atoms with Crippen molar-refractivity contribution in [2.45, 2.75) is 32.1 Å². The van der Waals surface area contributed by atoms with Crippen molar-refractivity contribution in [3.63, 3.8) is 0 Å². The van der Waals surface area contributed by atoms with Crippen molar-refractivity contribution < 1.29 is 31.1 Å². The molecule has 1 aromatic heterocycles. The van der Waals surface area contributed by atoms with E-state index < -0.39 is 41.3 Å². The average molecular weight is 421 g/mol. The zero-order valence-electron chi connectivity index (χ0n) is 15.0. The molecule has 0 fully saturated rings. The van der Waals surface area contributed by atoms with E-state index in [9.17, 15) is 31.1 Å². The smallest absolute Gasteiger partial charge is 0.333 e. The van der Waals surface area contributed by atoms with Crippen molar-refractivity contribution in [2.75, 3.05) is 13.1 Å². The molecule has 1 atom stereocenters. The first-order valence-corrected chi connectivity index (χ1v) is 8.70. The first kappa shape index (κ1) is 21.1. The number of rotatable bonds is 5. The SMILES string of the molecule is NCC(CC(=O)N1CCn2c(nnc2C(F)(F)F)C1)Cc1cc(F)c(F)cc1F. The number of fused-ring (bicyclic) bond motifs is 1. The van der Waals surface area contributed by atoms with E-state index in [1.807, 2.05) is 0 Å². The van der Waals surface area contributed by atoms with Crippen LogP contribution < -0.4 is 5.73 Å². The zero-order valence-corrected chi connectivity index (χ0v) is 15.0. The third-order valence-electron chi connectivity index (χ3n) is 4.75. The number of nitrogens with two attached hydrogens (primary N) is 1. The molecule has 1 aliphatic heterocycles. The van der Waals surface area contributed by atoms with E-state index in [0.29, 0.717) is 6.07 Å². The van der Waals surface area contributed by atoms with Crippen LogP contribution in [0.5, 0.6) is 0 Å². The van der Waals surface area contributed by atoms with Gasteiger partial charge >= 0.3 is 6.18 Å². The molecule has 1 amide bonds. The van der Waals surface area contributed by atoms with Gasteiger partial charge in [0.05, 0.1) is 6.54 Å². The average Bonchev–Trinajstić information content (AvgIpc) is 3.08. The highest BCUT2D eigenvalue weighted by Crippen LogP contribution is 2.29. The zero-order chi connectivity index (χ0) is 21.3. The second-order valence-electron chi connectivity index (χ2n) is 6.77. The number of alkyl halides is 3. The van der Waals surface area contributed by atoms with Gasteiger partial charge in [0, 0.05) is 25.6 Å². The summed E-state index contributed by atoms with van der Waals surface area (Å²) in [6, 6.07) is 1.15. The lowest BCUT2D eigenvalue weighted by Gasteiger charge is -2.29. The number of amides is 1. The van der Waals surface area contributed by atoms with Gasteiger partial charge in [-0.15, -0.1) is 10.2 Å². The van der Waals surface area contributed by atoms with Crippen molar-refractivity contribution in [3.8, 4) is 0 Å². The van der Waals surface area contributed by atoms with E-state index in [-0.39, 0.29) is 50.4 Å². The Morgan fingerprint density at radius 3 is 2.45 bits per heavy atom. The molecule has 2 N–H and O–H groups in total. The van der Waals surface area contributed by atoms with E-state index in [2.05, 4.69) is 10.2 Å². The van der Waals surface area contributed by atoms with Gasteiger partial charge in [-0.1, -0.05) is 0 Å². The van der Waals surface area contributed by atoms with E-state index in [4.69, 9.17) is 5.73 Å². The van der Waals surface area contributed by atoms with Crippen molar-refractivity contribution in [2.24, 2.45) is 11.7 Å². The molecule has 0 radical (unpaired) electrons. The van der Waals surface area contributed by atoms with Gasteiger partial charge in [-0.05, 0) is 30.5 Å². The van der Waals surface area contributed by atoms with Crippen LogP contribution in [0.4, 0.5) is 26.3 Å². The summed E-state index contributed by atoms with van der Waals surface area (Å²) in [7, 11) is 0. The quantitative estimate of drug-likeness (QED) is 0.594. The summed E-state index contributed by atoms with van der Waals surface area (Å²) in [6.45, 7) is -0.275. The van der Waals surface area contributed by atoms with Gasteiger partial charge in [0.25, 0.3) is 0 Å². The molecular formula is C17H17F6N5O. The minimum atomic E-state index is -4.64. The standard InChI is InChI=1S/C17H17F6N5O/c18-11-6-13(20)12(19)5-10(11)3-9(7-24)4-15(29)27-1-2-28-14(8-27)25-26-16(28)17(21,22)23/h5-6,9H,1-4,7-8,24H2. The van der Waals surface area contributed by atoms with Crippen molar-refractivity contribution in [1.29, 1.82) is 0 Å². The van der Waals surface area contributed by atoms with Gasteiger partial charge in [0.2, 0.25) is 11.7 Å². The maximum absolute atomic E-state index is 13.8. The van der Waals surface area contributed by atoms with Crippen LogP contribution in [-0.4, -0.2) is 38.7 Å². The maximum Gasteiger partial charge on any atom is 0.451 e. The van der Waals surface area contributed by atoms with Gasteiger partial charge in [-0.25, -0.2) is 13.2 Å². The Kier molecular flexibility index (Phi) is 5.82. The minimum Gasteiger partial charge on any atom is -0.333 e. The second kappa shape index (κ2) is 8.01. The second-order valence-corrected chi connectivity index (χ2v) is 6.77. The van der Waals surface area contributed by atoms with Crippen molar-refractivity contribution >= 4 is 5.91 Å². The molecule has 1 aromatic carbocycles. The summed E-state index contributed by atoms with van der Waals surface area (Å²) in [5.74, 6) is -5.55. The van der Waals surface area contributed by atoms with Crippen LogP contribution in [0.1, 0.15) is 23.6 Å². The predicted molar refractivity (Wildman–Crippen MR) is 87.6 cm³/mol. The lowest BCUT2D eigenvalue weighted by molar-refractivity contribution is -0.148. The van der Waals surface area contributed by atoms with Crippen LogP contribution in [0.25, 0.3) is 0 Å². The van der Waals surface area contributed by atoms with Crippen LogP contribution in [0, 0.1) is 23.4 Å². The van der Waals surface area contributed by atoms with Crippen LogP contribution in [0.3, 0.4) is 0 Å². The van der Waals surface area contributed by atoms with Gasteiger partial charge < -0.3 is 15.2 Å². The van der Waals surface area contributed by atoms with E-state index >= 15 is 0 Å². The van der Waals surface area contributed by atoms with Crippen LogP contribution >= 0.6 is 0 Å². The van der Waals surface area contributed by atoms with Crippen molar-refractivity contribution in [3.05, 3.63) is 46.8 Å². The maximum atomic E-state index is 13.8. The number of benzene rings is 1. The molecule has 1 aliphatic rings. The molecule has 6 nitrogen and oxygen atoms in total. The minimum absolute atomic E-state index is 0.00729. The Hall–Kier alpha value is -2.63. The van der Waals surface area contributed by atoms with E-state index in [0.717, 1.165) is 10.6 Å². The Labute approximate surface area is 161 Å². The first-order chi connectivity index (χ1) is 13.6. The highest BCUT2D eigenvalue weighted by atomic mass is 19.4. The molecule has 2 aromatic rings. The third kappa shape index (κ3) is 4.52. The van der Waals surface area contributed by atoms with E-state index in [1.54, 1.807) is 0 Å². The lowest BCUT2D eigenvalue weighted by Crippen LogP contribution is -2.40. The molecule has 12 heteroatoms. The first-order valence-electron chi connectivity index (χ1n) is 8.70. The highest BCUT2D eigenvalue weighted by Gasteiger charge is 2.40. The number of nitrogens with zero attached hydrogens (tertiary/aromatic N) is 4. The van der Waals surface area contributed by atoms with Crippen molar-refractivity contribution in [1.82, 2.24) is 19.7 Å². The molecule has 0 spiro atoms. The number of hydrogen-bond acceptors (Lipinski definition) is 4. The predicted octanol–water partition coefficient (Wildman–Crippen LogP) is 2.26. The normalized spacial score (nSPS) is 15.3. The van der Waals surface area contributed by atoms with Gasteiger partial charge in [-0.3, -0.25) is 4.79 Å². The third-order valence-corrected chi connectivity index (χ3v) is 4.75. The summed E-state index contributed by atoms with van der Waals surface area (Å²) >= 11 is 0. The van der Waals surface area contributed by atoms with Gasteiger partial charge in [0.15, 0.2) is 17.5 Å². The Morgan fingerprint density at radius 1 is 1.10 bits per heavy atom. The Balaban J connectivity index is 1.66. The number of carbonyl (C=O) groups is 1. The molecular weight excluding hydrogens is 404 g/mol. The number of hydrogen-bond donors (Lipinski definition) is 1. The molecule has 3 rings (SSSR count). The number of carbonyl (C=O) groups excluding carboxylic acids is 1. The summed E-state index contributed by atoms with van der Waals surface area (Å²) in [5, 5.41) is 6.64. The number of halogens is 6. The molecule has 0 aliphatic carbocycles. The number of aromatic nitrogens is 3. The monoisotopic (exact) mass is 421 g/mol. The molecule has 1 unspecified atom stereocenters. The topological polar surface area (TPSA) is 77.0 Å². The fourth-order valence-corrected chi connectivity index (χ4v) is 3.23. The molecule has 158 valence electrons. The summed E-state index contributed by atoms with van der Waals surface area (Å²) in [4.78, 5) is 13.9. The lowest BCUT2D eigenvalue weighted by atomic mass is 9.95. The largest absolute Gasteiger partial charge is 0.451 e. The molecule has 0 bridgehead atoms. The Morgan fingerprint density at radius 2 is 1.79 bits per heavy atom. The Bertz CT molecular complexity index is 912. The summed E-state index contributed by atoms with van der Waals surface area (Å²) in [6.07, 6.45) is -4.86. The highest BCUT2D eigenvalue weighted by molar-refractivity contribution is 5.76. The van der Waals surface area contributed by atoms with E-state index in [1.165, 1.54) is 4.90 Å². The molecule has 0 saturated heterocycles. The van der Waals surface area contributed by atoms with Gasteiger partial charge in [0.1, 0.15) is 5.82 Å². The molecule has 2 heterocycles. The fourth-order valence-electron chi connectivity index (χ4n) is 3.23. The van der Waals surface area contributed by atoms with Crippen LogP contribution in [0.15, 0.2) is 12.1 Å². The summed E-state index contributed by atoms with van der Waals surface area (Å²) < 4.78 is 79.8. The van der Waals surface area contributed by atoms with Crippen LogP contribution in [0.2, 0.25) is 0 Å². The van der Waals surface area contributed by atoms with Gasteiger partial charge in [-0.2, -0.15) is 13.2 Å². The van der Waals surface area contributed by atoms with Crippen LogP contribution in [-0.2, 0) is 30.5 Å². The molecule has 29 heavy (non-hydrogen) atoms. The fraction of sp³-hybridized carbons (Fsp3) is 0.471. The summed E-state index contributed by atoms with van der Waals surface area (Å²) in [5.41, 5.74) is 5.52. The molecule has 0 saturated carbocycles.